The average Bonchev–Trinajstić information content (AvgIpc) is 3.42. The molecule has 3 heterocycles. The van der Waals surface area contributed by atoms with Crippen molar-refractivity contribution in [1.82, 2.24) is 19.5 Å². The van der Waals surface area contributed by atoms with Crippen LogP contribution in [0.3, 0.4) is 0 Å². The van der Waals surface area contributed by atoms with Crippen LogP contribution in [0.15, 0.2) is 47.3 Å². The van der Waals surface area contributed by atoms with E-state index in [1.165, 1.54) is 31.2 Å². The molecule has 0 bridgehead atoms. The van der Waals surface area contributed by atoms with E-state index < -0.39 is 0 Å². The van der Waals surface area contributed by atoms with Gasteiger partial charge in [0.2, 0.25) is 0 Å². The normalized spacial score (nSPS) is 18.3. The summed E-state index contributed by atoms with van der Waals surface area (Å²) in [5.74, 6) is 1.81. The predicted octanol–water partition coefficient (Wildman–Crippen LogP) is 5.91. The molecule has 1 fully saturated rings. The van der Waals surface area contributed by atoms with E-state index >= 15 is 0 Å². The van der Waals surface area contributed by atoms with Gasteiger partial charge in [-0.15, -0.1) is 0 Å². The van der Waals surface area contributed by atoms with Crippen molar-refractivity contribution in [2.24, 2.45) is 5.92 Å². The van der Waals surface area contributed by atoms with Gasteiger partial charge in [-0.3, -0.25) is 0 Å². The van der Waals surface area contributed by atoms with Crippen LogP contribution >= 0.6 is 15.9 Å². The number of hydrogen-bond donors (Lipinski definition) is 2. The van der Waals surface area contributed by atoms with Crippen molar-refractivity contribution in [3.63, 3.8) is 0 Å². The van der Waals surface area contributed by atoms with Gasteiger partial charge in [0.05, 0.1) is 15.4 Å². The van der Waals surface area contributed by atoms with Crippen LogP contribution in [-0.2, 0) is 6.42 Å². The molecule has 0 amide bonds. The van der Waals surface area contributed by atoms with Crippen molar-refractivity contribution in [2.75, 3.05) is 11.5 Å². The fourth-order valence-electron chi connectivity index (χ4n) is 4.58. The minimum absolute atomic E-state index is 0.488. The Morgan fingerprint density at radius 1 is 1.06 bits per heavy atom. The zero-order valence-electron chi connectivity index (χ0n) is 18.1. The second-order valence-electron chi connectivity index (χ2n) is 7.97. The van der Waals surface area contributed by atoms with Crippen molar-refractivity contribution < 1.29 is 0 Å². The number of anilines is 2. The number of aromatic nitrogens is 4. The SMILES string of the molecule is CC.Nc1nc2cc(CCC3CCC(n4ccc5c(N)ncnc54)C3)ccc2cc1Br. The third-order valence-electron chi connectivity index (χ3n) is 6.15. The van der Waals surface area contributed by atoms with Gasteiger partial charge in [-0.05, 0) is 77.7 Å². The summed E-state index contributed by atoms with van der Waals surface area (Å²) in [5, 5.41) is 2.06. The van der Waals surface area contributed by atoms with E-state index in [4.69, 9.17) is 11.5 Å². The first-order valence-electron chi connectivity index (χ1n) is 11.0. The maximum Gasteiger partial charge on any atom is 0.145 e. The second kappa shape index (κ2) is 9.22. The second-order valence-corrected chi connectivity index (χ2v) is 8.83. The monoisotopic (exact) mass is 480 g/mol. The Morgan fingerprint density at radius 3 is 2.74 bits per heavy atom. The van der Waals surface area contributed by atoms with E-state index in [0.29, 0.717) is 17.7 Å². The Hall–Kier alpha value is -2.67. The van der Waals surface area contributed by atoms with Crippen molar-refractivity contribution in [3.8, 4) is 0 Å². The minimum Gasteiger partial charge on any atom is -0.383 e. The van der Waals surface area contributed by atoms with Crippen molar-refractivity contribution >= 4 is 49.5 Å². The third kappa shape index (κ3) is 4.37. The number of hydrogen-bond acceptors (Lipinski definition) is 5. The topological polar surface area (TPSA) is 95.6 Å². The highest BCUT2D eigenvalue weighted by molar-refractivity contribution is 9.10. The Kier molecular flexibility index (Phi) is 6.41. The first kappa shape index (κ1) is 21.6. The largest absolute Gasteiger partial charge is 0.383 e. The molecule has 6 nitrogen and oxygen atoms in total. The van der Waals surface area contributed by atoms with Crippen molar-refractivity contribution in [1.29, 1.82) is 0 Å². The molecule has 2 unspecified atom stereocenters. The standard InChI is InChI=1S/C22H23BrN6.C2H6/c23-18-11-15-5-3-14(10-19(15)28-21(18)25)2-1-13-4-6-16(9-13)29-8-7-17-20(24)26-12-27-22(17)29;1-2/h3,5,7-8,10-13,16H,1-2,4,6,9H2,(H2,25,28)(H2,24,26,27);1-2H3. The molecule has 0 saturated heterocycles. The quantitative estimate of drug-likeness (QED) is 0.378. The molecule has 0 spiro atoms. The van der Waals surface area contributed by atoms with E-state index in [0.717, 1.165) is 38.7 Å². The first-order valence-corrected chi connectivity index (χ1v) is 11.8. The van der Waals surface area contributed by atoms with Crippen LogP contribution in [0.4, 0.5) is 11.6 Å². The van der Waals surface area contributed by atoms with Gasteiger partial charge in [0, 0.05) is 17.6 Å². The molecule has 1 aliphatic rings. The highest BCUT2D eigenvalue weighted by Crippen LogP contribution is 2.39. The van der Waals surface area contributed by atoms with E-state index in [-0.39, 0.29) is 0 Å². The summed E-state index contributed by atoms with van der Waals surface area (Å²) in [4.78, 5) is 13.1. The number of aryl methyl sites for hydroxylation is 1. The molecule has 162 valence electrons. The summed E-state index contributed by atoms with van der Waals surface area (Å²) in [6.45, 7) is 4.00. The van der Waals surface area contributed by atoms with Crippen LogP contribution in [0.5, 0.6) is 0 Å². The minimum atomic E-state index is 0.488. The van der Waals surface area contributed by atoms with Gasteiger partial charge < -0.3 is 16.0 Å². The van der Waals surface area contributed by atoms with E-state index in [1.54, 1.807) is 6.33 Å². The zero-order valence-corrected chi connectivity index (χ0v) is 19.6. The summed E-state index contributed by atoms with van der Waals surface area (Å²) in [6.07, 6.45) is 9.52. The van der Waals surface area contributed by atoms with Crippen LogP contribution in [0.2, 0.25) is 0 Å². The molecule has 4 aromatic rings. The van der Waals surface area contributed by atoms with Crippen molar-refractivity contribution in [2.45, 2.75) is 52.0 Å². The lowest BCUT2D eigenvalue weighted by molar-refractivity contribution is 0.461. The van der Waals surface area contributed by atoms with Crippen LogP contribution in [0, 0.1) is 5.92 Å². The number of nitrogen functional groups attached to an aromatic ring is 2. The summed E-state index contributed by atoms with van der Waals surface area (Å²) in [5.41, 5.74) is 15.2. The lowest BCUT2D eigenvalue weighted by Crippen LogP contribution is -2.06. The maximum atomic E-state index is 5.98. The Balaban J connectivity index is 0.00000112. The van der Waals surface area contributed by atoms with E-state index in [1.807, 2.05) is 26.0 Å². The Bertz CT molecular complexity index is 1200. The molecule has 7 heteroatoms. The smallest absolute Gasteiger partial charge is 0.145 e. The summed E-state index contributed by atoms with van der Waals surface area (Å²) < 4.78 is 3.13. The maximum absolute atomic E-state index is 5.98. The predicted molar refractivity (Wildman–Crippen MR) is 132 cm³/mol. The number of fused-ring (bicyclic) bond motifs is 2. The van der Waals surface area contributed by atoms with Gasteiger partial charge in [-0.2, -0.15) is 0 Å². The number of nitrogens with zero attached hydrogens (tertiary/aromatic N) is 4. The molecule has 0 radical (unpaired) electrons. The van der Waals surface area contributed by atoms with Gasteiger partial charge in [0.1, 0.15) is 23.6 Å². The fourth-order valence-corrected chi connectivity index (χ4v) is 4.91. The molecular weight excluding hydrogens is 452 g/mol. The van der Waals surface area contributed by atoms with Crippen LogP contribution in [0.1, 0.15) is 51.1 Å². The summed E-state index contributed by atoms with van der Waals surface area (Å²) in [7, 11) is 0. The average molecular weight is 481 g/mol. The molecule has 4 N–H and O–H groups in total. The molecular formula is C24H29BrN6. The zero-order chi connectivity index (χ0) is 22.0. The van der Waals surface area contributed by atoms with Crippen LogP contribution < -0.4 is 11.5 Å². The van der Waals surface area contributed by atoms with Gasteiger partial charge in [0.25, 0.3) is 0 Å². The van der Waals surface area contributed by atoms with Gasteiger partial charge in [-0.1, -0.05) is 26.0 Å². The number of rotatable bonds is 4. The summed E-state index contributed by atoms with van der Waals surface area (Å²) >= 11 is 3.45. The number of nitrogens with two attached hydrogens (primary N) is 2. The van der Waals surface area contributed by atoms with Gasteiger partial charge in [-0.25, -0.2) is 15.0 Å². The van der Waals surface area contributed by atoms with Gasteiger partial charge in [0.15, 0.2) is 0 Å². The molecule has 1 aliphatic carbocycles. The fraction of sp³-hybridized carbons (Fsp3) is 0.375. The highest BCUT2D eigenvalue weighted by atomic mass is 79.9. The Morgan fingerprint density at radius 2 is 1.90 bits per heavy atom. The number of pyridine rings is 1. The van der Waals surface area contributed by atoms with E-state index in [2.05, 4.69) is 59.8 Å². The molecule has 1 aromatic carbocycles. The number of halogens is 1. The molecule has 0 aliphatic heterocycles. The summed E-state index contributed by atoms with van der Waals surface area (Å²) in [6, 6.07) is 11.1. The first-order chi connectivity index (χ1) is 15.1. The van der Waals surface area contributed by atoms with E-state index in [9.17, 15) is 0 Å². The molecule has 3 aromatic heterocycles. The lowest BCUT2D eigenvalue weighted by atomic mass is 9.97. The Labute approximate surface area is 191 Å². The molecule has 31 heavy (non-hydrogen) atoms. The third-order valence-corrected chi connectivity index (χ3v) is 6.79. The van der Waals surface area contributed by atoms with Crippen LogP contribution in [0.25, 0.3) is 21.9 Å². The van der Waals surface area contributed by atoms with Crippen LogP contribution in [-0.4, -0.2) is 19.5 Å². The van der Waals surface area contributed by atoms with Gasteiger partial charge >= 0.3 is 0 Å². The number of benzene rings is 1. The lowest BCUT2D eigenvalue weighted by Gasteiger charge is -2.14. The molecule has 2 atom stereocenters. The highest BCUT2D eigenvalue weighted by Gasteiger charge is 2.27. The van der Waals surface area contributed by atoms with Crippen molar-refractivity contribution in [3.05, 3.63) is 52.9 Å². The molecule has 5 rings (SSSR count). The molecule has 1 saturated carbocycles.